The fraction of sp³-hybridized carbons (Fsp3) is 0.364. The van der Waals surface area contributed by atoms with Crippen LogP contribution in [0.3, 0.4) is 0 Å². The third-order valence-corrected chi connectivity index (χ3v) is 5.37. The first kappa shape index (κ1) is 15.5. The number of rotatable bonds is 5. The molecule has 0 bridgehead atoms. The summed E-state index contributed by atoms with van der Waals surface area (Å²) < 4.78 is 0. The van der Waals surface area contributed by atoms with Gasteiger partial charge in [0.25, 0.3) is 0 Å². The molecule has 1 fully saturated rings. The predicted octanol–water partition coefficient (Wildman–Crippen LogP) is 4.98. The molecule has 1 saturated heterocycles. The molecule has 4 rings (SSSR count). The third-order valence-electron chi connectivity index (χ3n) is 5.37. The molecule has 24 heavy (non-hydrogen) atoms. The molecule has 1 unspecified atom stereocenters. The van der Waals surface area contributed by atoms with E-state index in [-0.39, 0.29) is 0 Å². The molecule has 1 aliphatic rings. The van der Waals surface area contributed by atoms with E-state index < -0.39 is 0 Å². The second-order valence-electron chi connectivity index (χ2n) is 7.01. The second kappa shape index (κ2) is 7.23. The Morgan fingerprint density at radius 2 is 1.83 bits per heavy atom. The van der Waals surface area contributed by atoms with Gasteiger partial charge in [-0.3, -0.25) is 0 Å². The van der Waals surface area contributed by atoms with E-state index in [2.05, 4.69) is 70.7 Å². The van der Waals surface area contributed by atoms with Gasteiger partial charge in [0, 0.05) is 23.6 Å². The first-order chi connectivity index (χ1) is 11.9. The lowest BCUT2D eigenvalue weighted by Crippen LogP contribution is -2.35. The van der Waals surface area contributed by atoms with Gasteiger partial charge in [0.2, 0.25) is 0 Å². The number of aryl methyl sites for hydroxylation is 1. The molecule has 0 aliphatic carbocycles. The zero-order valence-corrected chi connectivity index (χ0v) is 14.2. The number of para-hydroxylation sites is 1. The van der Waals surface area contributed by atoms with Crippen molar-refractivity contribution >= 4 is 10.9 Å². The van der Waals surface area contributed by atoms with Gasteiger partial charge in [-0.25, -0.2) is 0 Å². The maximum Gasteiger partial charge on any atom is 0.0456 e. The first-order valence-corrected chi connectivity index (χ1v) is 9.22. The Morgan fingerprint density at radius 3 is 2.75 bits per heavy atom. The van der Waals surface area contributed by atoms with Crippen LogP contribution in [0.2, 0.25) is 0 Å². The smallest absolute Gasteiger partial charge is 0.0456 e. The lowest BCUT2D eigenvalue weighted by molar-refractivity contribution is 0.206. The number of H-pyrrole nitrogens is 1. The standard InChI is InChI=1S/C22H26N2/c1-2-8-18(9-3-1)20-11-7-15-24(17-20)14-6-10-19-16-23-22-13-5-4-12-21(19)22/h1-5,8-9,12-13,16,20,23H,6-7,10-11,14-15,17H2. The van der Waals surface area contributed by atoms with Crippen LogP contribution < -0.4 is 0 Å². The summed E-state index contributed by atoms with van der Waals surface area (Å²) >= 11 is 0. The van der Waals surface area contributed by atoms with Gasteiger partial charge in [0.15, 0.2) is 0 Å². The molecule has 3 aromatic rings. The maximum atomic E-state index is 3.39. The molecule has 0 spiro atoms. The Bertz CT molecular complexity index is 775. The van der Waals surface area contributed by atoms with Crippen molar-refractivity contribution < 1.29 is 0 Å². The normalized spacial score (nSPS) is 18.9. The SMILES string of the molecule is c1ccc(C2CCCN(CCCc3c[nH]c4ccccc34)C2)cc1. The molecule has 1 aromatic heterocycles. The van der Waals surface area contributed by atoms with Gasteiger partial charge >= 0.3 is 0 Å². The number of piperidine rings is 1. The fourth-order valence-corrected chi connectivity index (χ4v) is 4.09. The average Bonchev–Trinajstić information content (AvgIpc) is 3.06. The Labute approximate surface area is 144 Å². The number of aromatic amines is 1. The molecular formula is C22H26N2. The third kappa shape index (κ3) is 3.39. The summed E-state index contributed by atoms with van der Waals surface area (Å²) in [4.78, 5) is 6.05. The second-order valence-corrected chi connectivity index (χ2v) is 7.01. The van der Waals surface area contributed by atoms with Crippen molar-refractivity contribution in [1.82, 2.24) is 9.88 Å². The van der Waals surface area contributed by atoms with Crippen LogP contribution in [0.25, 0.3) is 10.9 Å². The van der Waals surface area contributed by atoms with Crippen LogP contribution in [0.1, 0.15) is 36.3 Å². The highest BCUT2D eigenvalue weighted by molar-refractivity contribution is 5.82. The van der Waals surface area contributed by atoms with E-state index in [1.807, 2.05) is 0 Å². The number of benzene rings is 2. The minimum atomic E-state index is 0.716. The van der Waals surface area contributed by atoms with Crippen molar-refractivity contribution in [2.24, 2.45) is 0 Å². The lowest BCUT2D eigenvalue weighted by Gasteiger charge is -2.33. The monoisotopic (exact) mass is 318 g/mol. The van der Waals surface area contributed by atoms with E-state index in [9.17, 15) is 0 Å². The summed E-state index contributed by atoms with van der Waals surface area (Å²) in [6, 6.07) is 19.7. The van der Waals surface area contributed by atoms with Crippen molar-refractivity contribution in [2.75, 3.05) is 19.6 Å². The van der Waals surface area contributed by atoms with Gasteiger partial charge in [-0.15, -0.1) is 0 Å². The Morgan fingerprint density at radius 1 is 1.00 bits per heavy atom. The molecule has 0 radical (unpaired) electrons. The number of aromatic nitrogens is 1. The lowest BCUT2D eigenvalue weighted by atomic mass is 9.90. The summed E-state index contributed by atoms with van der Waals surface area (Å²) in [7, 11) is 0. The van der Waals surface area contributed by atoms with Crippen LogP contribution in [0.5, 0.6) is 0 Å². The number of hydrogen-bond donors (Lipinski definition) is 1. The van der Waals surface area contributed by atoms with Crippen molar-refractivity contribution in [1.29, 1.82) is 0 Å². The van der Waals surface area contributed by atoms with Crippen molar-refractivity contribution in [3.63, 3.8) is 0 Å². The maximum absolute atomic E-state index is 3.39. The Balaban J connectivity index is 1.33. The minimum absolute atomic E-state index is 0.716. The van der Waals surface area contributed by atoms with Crippen LogP contribution in [0.4, 0.5) is 0 Å². The first-order valence-electron chi connectivity index (χ1n) is 9.22. The molecule has 2 aromatic carbocycles. The summed E-state index contributed by atoms with van der Waals surface area (Å²) in [6.07, 6.45) is 7.25. The largest absolute Gasteiger partial charge is 0.361 e. The van der Waals surface area contributed by atoms with Gasteiger partial charge in [0.05, 0.1) is 0 Å². The van der Waals surface area contributed by atoms with Crippen LogP contribution in [-0.4, -0.2) is 29.5 Å². The van der Waals surface area contributed by atoms with Crippen molar-refractivity contribution in [3.05, 3.63) is 71.9 Å². The zero-order valence-electron chi connectivity index (χ0n) is 14.2. The molecule has 2 heteroatoms. The van der Waals surface area contributed by atoms with E-state index in [0.717, 1.165) is 6.42 Å². The Kier molecular flexibility index (Phi) is 4.66. The summed E-state index contributed by atoms with van der Waals surface area (Å²) in [5, 5.41) is 1.39. The van der Waals surface area contributed by atoms with E-state index >= 15 is 0 Å². The van der Waals surface area contributed by atoms with E-state index in [1.54, 1.807) is 0 Å². The van der Waals surface area contributed by atoms with Gasteiger partial charge in [-0.2, -0.15) is 0 Å². The van der Waals surface area contributed by atoms with E-state index in [1.165, 1.54) is 60.9 Å². The van der Waals surface area contributed by atoms with Crippen LogP contribution in [0.15, 0.2) is 60.8 Å². The van der Waals surface area contributed by atoms with E-state index in [4.69, 9.17) is 0 Å². The molecule has 0 saturated carbocycles. The molecule has 1 atom stereocenters. The molecule has 2 nitrogen and oxygen atoms in total. The molecule has 124 valence electrons. The van der Waals surface area contributed by atoms with Gasteiger partial charge in [-0.1, -0.05) is 48.5 Å². The Hall–Kier alpha value is -2.06. The number of likely N-dealkylation sites (tertiary alicyclic amines) is 1. The van der Waals surface area contributed by atoms with Crippen LogP contribution >= 0.6 is 0 Å². The highest BCUT2D eigenvalue weighted by Gasteiger charge is 2.20. The summed E-state index contributed by atoms with van der Waals surface area (Å²) in [5.74, 6) is 0.716. The van der Waals surface area contributed by atoms with Gasteiger partial charge < -0.3 is 9.88 Å². The van der Waals surface area contributed by atoms with Crippen molar-refractivity contribution in [2.45, 2.75) is 31.6 Å². The topological polar surface area (TPSA) is 19.0 Å². The van der Waals surface area contributed by atoms with Gasteiger partial charge in [-0.05, 0) is 61.9 Å². The number of hydrogen-bond acceptors (Lipinski definition) is 1. The molecular weight excluding hydrogens is 292 g/mol. The number of fused-ring (bicyclic) bond motifs is 1. The number of nitrogens with zero attached hydrogens (tertiary/aromatic N) is 1. The average molecular weight is 318 g/mol. The molecule has 1 N–H and O–H groups in total. The molecule has 2 heterocycles. The highest BCUT2D eigenvalue weighted by atomic mass is 15.1. The van der Waals surface area contributed by atoms with Gasteiger partial charge in [0.1, 0.15) is 0 Å². The van der Waals surface area contributed by atoms with Crippen LogP contribution in [0, 0.1) is 0 Å². The zero-order chi connectivity index (χ0) is 16.2. The summed E-state index contributed by atoms with van der Waals surface area (Å²) in [5.41, 5.74) is 4.23. The molecule has 1 aliphatic heterocycles. The highest BCUT2D eigenvalue weighted by Crippen LogP contribution is 2.27. The minimum Gasteiger partial charge on any atom is -0.361 e. The van der Waals surface area contributed by atoms with Crippen molar-refractivity contribution in [3.8, 4) is 0 Å². The van der Waals surface area contributed by atoms with E-state index in [0.29, 0.717) is 5.92 Å². The summed E-state index contributed by atoms with van der Waals surface area (Å²) in [6.45, 7) is 3.69. The van der Waals surface area contributed by atoms with Crippen LogP contribution in [-0.2, 0) is 6.42 Å². The fourth-order valence-electron chi connectivity index (χ4n) is 4.09. The quantitative estimate of drug-likeness (QED) is 0.703. The number of nitrogens with one attached hydrogen (secondary N) is 1. The molecule has 0 amide bonds. The predicted molar refractivity (Wildman–Crippen MR) is 101 cm³/mol.